The van der Waals surface area contributed by atoms with Crippen molar-refractivity contribution in [2.45, 2.75) is 26.8 Å². The molecule has 0 aromatic heterocycles. The van der Waals surface area contributed by atoms with E-state index >= 15 is 0 Å². The highest BCUT2D eigenvalue weighted by molar-refractivity contribution is 5.78. The van der Waals surface area contributed by atoms with Crippen molar-refractivity contribution in [3.63, 3.8) is 0 Å². The Bertz CT molecular complexity index is 399. The minimum absolute atomic E-state index is 0.256. The number of carbonyl (C=O) groups excluding carboxylic acids is 1. The third kappa shape index (κ3) is 2.25. The summed E-state index contributed by atoms with van der Waals surface area (Å²) in [7, 11) is 3.17. The van der Waals surface area contributed by atoms with Gasteiger partial charge in [-0.05, 0) is 50.1 Å². The maximum atomic E-state index is 11.6. The van der Waals surface area contributed by atoms with Crippen LogP contribution < -0.4 is 5.32 Å². The third-order valence-electron chi connectivity index (χ3n) is 3.14. The van der Waals surface area contributed by atoms with Crippen molar-refractivity contribution in [2.24, 2.45) is 0 Å². The molecule has 0 amide bonds. The number of esters is 1. The molecule has 0 fully saturated rings. The Morgan fingerprint density at radius 2 is 1.88 bits per heavy atom. The van der Waals surface area contributed by atoms with Crippen LogP contribution in [0.15, 0.2) is 12.1 Å². The number of hydrogen-bond acceptors (Lipinski definition) is 3. The Balaban J connectivity index is 3.21. The lowest BCUT2D eigenvalue weighted by molar-refractivity contribution is -0.143. The number of nitrogens with one attached hydrogen (secondary N) is 1. The molecule has 0 bridgehead atoms. The lowest BCUT2D eigenvalue weighted by Crippen LogP contribution is -2.27. The second kappa shape index (κ2) is 5.12. The van der Waals surface area contributed by atoms with E-state index in [1.807, 2.05) is 19.1 Å². The summed E-state index contributed by atoms with van der Waals surface area (Å²) in [6.45, 7) is 6.17. The molecule has 0 aliphatic rings. The first-order valence-electron chi connectivity index (χ1n) is 5.34. The van der Waals surface area contributed by atoms with Crippen molar-refractivity contribution >= 4 is 5.97 Å². The van der Waals surface area contributed by atoms with E-state index in [9.17, 15) is 4.79 Å². The van der Waals surface area contributed by atoms with Crippen LogP contribution in [0.25, 0.3) is 0 Å². The van der Waals surface area contributed by atoms with Gasteiger partial charge >= 0.3 is 5.97 Å². The van der Waals surface area contributed by atoms with Gasteiger partial charge in [0.2, 0.25) is 0 Å². The van der Waals surface area contributed by atoms with Crippen LogP contribution in [-0.4, -0.2) is 20.1 Å². The molecule has 1 rings (SSSR count). The smallest absolute Gasteiger partial charge is 0.327 e. The van der Waals surface area contributed by atoms with Gasteiger partial charge < -0.3 is 10.1 Å². The first kappa shape index (κ1) is 12.7. The van der Waals surface area contributed by atoms with Crippen molar-refractivity contribution in [3.05, 3.63) is 34.4 Å². The molecule has 0 saturated heterocycles. The van der Waals surface area contributed by atoms with Crippen LogP contribution in [0.4, 0.5) is 0 Å². The monoisotopic (exact) mass is 221 g/mol. The lowest BCUT2D eigenvalue weighted by Gasteiger charge is -2.18. The quantitative estimate of drug-likeness (QED) is 0.794. The number of carbonyl (C=O) groups is 1. The fraction of sp³-hybridized carbons (Fsp3) is 0.462. The molecule has 1 N–H and O–H groups in total. The van der Waals surface area contributed by atoms with Gasteiger partial charge in [-0.2, -0.15) is 0 Å². The van der Waals surface area contributed by atoms with Gasteiger partial charge in [0, 0.05) is 0 Å². The van der Waals surface area contributed by atoms with Crippen LogP contribution in [0, 0.1) is 20.8 Å². The number of ether oxygens (including phenoxy) is 1. The zero-order valence-electron chi connectivity index (χ0n) is 10.5. The van der Waals surface area contributed by atoms with Crippen molar-refractivity contribution in [2.75, 3.05) is 14.2 Å². The van der Waals surface area contributed by atoms with Gasteiger partial charge in [0.25, 0.3) is 0 Å². The first-order chi connectivity index (χ1) is 7.52. The van der Waals surface area contributed by atoms with Crippen molar-refractivity contribution < 1.29 is 9.53 Å². The zero-order valence-corrected chi connectivity index (χ0v) is 10.5. The average Bonchev–Trinajstić information content (AvgIpc) is 2.29. The minimum atomic E-state index is -0.385. The van der Waals surface area contributed by atoms with E-state index in [4.69, 9.17) is 4.74 Å². The van der Waals surface area contributed by atoms with Crippen molar-refractivity contribution in [1.82, 2.24) is 5.32 Å². The highest BCUT2D eigenvalue weighted by atomic mass is 16.5. The van der Waals surface area contributed by atoms with Crippen molar-refractivity contribution in [1.29, 1.82) is 0 Å². The SMILES string of the molecule is CNC(C(=O)OC)c1ccc(C)c(C)c1C. The molecule has 0 spiro atoms. The van der Waals surface area contributed by atoms with Gasteiger partial charge in [0.05, 0.1) is 7.11 Å². The van der Waals surface area contributed by atoms with Crippen LogP contribution in [0.1, 0.15) is 28.3 Å². The van der Waals surface area contributed by atoms with Gasteiger partial charge in [-0.25, -0.2) is 4.79 Å². The molecule has 1 aromatic rings. The van der Waals surface area contributed by atoms with Gasteiger partial charge in [0.1, 0.15) is 6.04 Å². The zero-order chi connectivity index (χ0) is 12.3. The van der Waals surface area contributed by atoms with Crippen LogP contribution >= 0.6 is 0 Å². The number of benzene rings is 1. The van der Waals surface area contributed by atoms with E-state index in [1.165, 1.54) is 18.2 Å². The Kier molecular flexibility index (Phi) is 4.07. The van der Waals surface area contributed by atoms with E-state index in [1.54, 1.807) is 7.05 Å². The molecular weight excluding hydrogens is 202 g/mol. The Morgan fingerprint density at radius 3 is 2.38 bits per heavy atom. The van der Waals surface area contributed by atoms with Gasteiger partial charge in [-0.3, -0.25) is 0 Å². The minimum Gasteiger partial charge on any atom is -0.468 e. The maximum absolute atomic E-state index is 11.6. The highest BCUT2D eigenvalue weighted by Gasteiger charge is 2.21. The fourth-order valence-corrected chi connectivity index (χ4v) is 1.81. The largest absolute Gasteiger partial charge is 0.468 e. The topological polar surface area (TPSA) is 38.3 Å². The molecule has 0 aliphatic heterocycles. The second-order valence-corrected chi connectivity index (χ2v) is 3.97. The summed E-state index contributed by atoms with van der Waals surface area (Å²) < 4.78 is 4.78. The normalized spacial score (nSPS) is 12.3. The second-order valence-electron chi connectivity index (χ2n) is 3.97. The number of aryl methyl sites for hydroxylation is 1. The molecule has 3 nitrogen and oxygen atoms in total. The standard InChI is InChI=1S/C13H19NO2/c1-8-6-7-11(10(3)9(8)2)12(14-4)13(15)16-5/h6-7,12,14H,1-5H3. The summed E-state index contributed by atoms with van der Waals surface area (Å²) in [6.07, 6.45) is 0. The average molecular weight is 221 g/mol. The van der Waals surface area contributed by atoms with E-state index in [2.05, 4.69) is 19.2 Å². The summed E-state index contributed by atoms with van der Waals surface area (Å²) >= 11 is 0. The summed E-state index contributed by atoms with van der Waals surface area (Å²) in [5, 5.41) is 2.98. The summed E-state index contributed by atoms with van der Waals surface area (Å²) in [6, 6.07) is 3.63. The number of hydrogen-bond donors (Lipinski definition) is 1. The molecule has 1 aromatic carbocycles. The predicted octanol–water partition coefficient (Wildman–Crippen LogP) is 2.05. The number of rotatable bonds is 3. The Labute approximate surface area is 96.8 Å². The molecular formula is C13H19NO2. The third-order valence-corrected chi connectivity index (χ3v) is 3.14. The molecule has 0 saturated carbocycles. The van der Waals surface area contributed by atoms with Crippen molar-refractivity contribution in [3.8, 4) is 0 Å². The van der Waals surface area contributed by atoms with Crippen LogP contribution in [0.3, 0.4) is 0 Å². The maximum Gasteiger partial charge on any atom is 0.327 e. The number of likely N-dealkylation sites (N-methyl/N-ethyl adjacent to an activating group) is 1. The van der Waals surface area contributed by atoms with Gasteiger partial charge in [-0.1, -0.05) is 12.1 Å². The Hall–Kier alpha value is -1.35. The number of methoxy groups -OCH3 is 1. The summed E-state index contributed by atoms with van der Waals surface area (Å²) in [4.78, 5) is 11.6. The lowest BCUT2D eigenvalue weighted by atomic mass is 9.94. The van der Waals surface area contributed by atoms with Crippen LogP contribution in [-0.2, 0) is 9.53 Å². The van der Waals surface area contributed by atoms with Crippen LogP contribution in [0.5, 0.6) is 0 Å². The molecule has 0 heterocycles. The molecule has 88 valence electrons. The van der Waals surface area contributed by atoms with E-state index in [-0.39, 0.29) is 12.0 Å². The van der Waals surface area contributed by atoms with E-state index < -0.39 is 0 Å². The Morgan fingerprint density at radius 1 is 1.25 bits per heavy atom. The van der Waals surface area contributed by atoms with Crippen LogP contribution in [0.2, 0.25) is 0 Å². The molecule has 1 atom stereocenters. The summed E-state index contributed by atoms with van der Waals surface area (Å²) in [5.41, 5.74) is 4.59. The van der Waals surface area contributed by atoms with E-state index in [0.29, 0.717) is 0 Å². The predicted molar refractivity (Wildman–Crippen MR) is 64.5 cm³/mol. The fourth-order valence-electron chi connectivity index (χ4n) is 1.81. The molecule has 16 heavy (non-hydrogen) atoms. The molecule has 0 radical (unpaired) electrons. The first-order valence-corrected chi connectivity index (χ1v) is 5.34. The molecule has 0 aliphatic carbocycles. The summed E-state index contributed by atoms with van der Waals surface area (Å²) in [5.74, 6) is -0.256. The molecule has 1 unspecified atom stereocenters. The van der Waals surface area contributed by atoms with E-state index in [0.717, 1.165) is 11.1 Å². The molecule has 3 heteroatoms. The van der Waals surface area contributed by atoms with Gasteiger partial charge in [-0.15, -0.1) is 0 Å². The highest BCUT2D eigenvalue weighted by Crippen LogP contribution is 2.23. The van der Waals surface area contributed by atoms with Gasteiger partial charge in [0.15, 0.2) is 0 Å².